The molecule has 0 rings (SSSR count). The van der Waals surface area contributed by atoms with Crippen molar-refractivity contribution in [3.63, 3.8) is 0 Å². The predicted molar refractivity (Wildman–Crippen MR) is 68.1 cm³/mol. The molecule has 0 unspecified atom stereocenters. The molecule has 0 spiro atoms. The molecule has 15 heavy (non-hydrogen) atoms. The summed E-state index contributed by atoms with van der Waals surface area (Å²) in [6.45, 7) is 4.68. The van der Waals surface area contributed by atoms with Gasteiger partial charge in [-0.3, -0.25) is 4.79 Å². The van der Waals surface area contributed by atoms with Crippen molar-refractivity contribution in [2.45, 2.75) is 39.2 Å². The number of amides is 1. The van der Waals surface area contributed by atoms with Crippen molar-refractivity contribution in [2.24, 2.45) is 11.7 Å². The molecule has 0 aliphatic carbocycles. The summed E-state index contributed by atoms with van der Waals surface area (Å²) >= 11 is 1.87. The standard InChI is InChI=1S/C11H24N2OS/c1-9(2)10(12)11(14)13-7-5-4-6-8-15-3/h9-10H,4-8,12H2,1-3H3,(H,13,14)/t10-/m1/s1. The molecule has 0 aliphatic heterocycles. The maximum Gasteiger partial charge on any atom is 0.237 e. The summed E-state index contributed by atoms with van der Waals surface area (Å²) < 4.78 is 0. The van der Waals surface area contributed by atoms with Crippen LogP contribution < -0.4 is 11.1 Å². The summed E-state index contributed by atoms with van der Waals surface area (Å²) in [6.07, 6.45) is 5.58. The Morgan fingerprint density at radius 2 is 2.00 bits per heavy atom. The molecule has 3 N–H and O–H groups in total. The summed E-state index contributed by atoms with van der Waals surface area (Å²) in [5, 5.41) is 2.87. The normalized spacial score (nSPS) is 12.9. The number of hydrogen-bond donors (Lipinski definition) is 2. The largest absolute Gasteiger partial charge is 0.355 e. The van der Waals surface area contributed by atoms with E-state index in [2.05, 4.69) is 11.6 Å². The summed E-state index contributed by atoms with van der Waals surface area (Å²) in [4.78, 5) is 11.4. The third-order valence-corrected chi connectivity index (χ3v) is 3.04. The van der Waals surface area contributed by atoms with Gasteiger partial charge in [0, 0.05) is 6.54 Å². The highest BCUT2D eigenvalue weighted by molar-refractivity contribution is 7.98. The average Bonchev–Trinajstić information content (AvgIpc) is 2.21. The van der Waals surface area contributed by atoms with Gasteiger partial charge < -0.3 is 11.1 Å². The molecule has 1 amide bonds. The average molecular weight is 232 g/mol. The number of unbranched alkanes of at least 4 members (excludes halogenated alkanes) is 2. The Morgan fingerprint density at radius 1 is 1.33 bits per heavy atom. The maximum atomic E-state index is 11.4. The lowest BCUT2D eigenvalue weighted by Gasteiger charge is -2.15. The molecule has 0 saturated heterocycles. The second kappa shape index (κ2) is 9.04. The minimum absolute atomic E-state index is 0.0186. The molecule has 0 heterocycles. The van der Waals surface area contributed by atoms with Gasteiger partial charge in [-0.15, -0.1) is 0 Å². The molecule has 0 bridgehead atoms. The number of thioether (sulfide) groups is 1. The molecule has 0 fully saturated rings. The highest BCUT2D eigenvalue weighted by atomic mass is 32.2. The molecule has 1 atom stereocenters. The molecule has 4 heteroatoms. The lowest BCUT2D eigenvalue weighted by molar-refractivity contribution is -0.123. The first kappa shape index (κ1) is 14.8. The molecule has 0 aromatic carbocycles. The van der Waals surface area contributed by atoms with Gasteiger partial charge in [-0.2, -0.15) is 11.8 Å². The van der Waals surface area contributed by atoms with Crippen molar-refractivity contribution in [2.75, 3.05) is 18.6 Å². The van der Waals surface area contributed by atoms with Crippen molar-refractivity contribution in [1.29, 1.82) is 0 Å². The fourth-order valence-corrected chi connectivity index (χ4v) is 1.67. The fraction of sp³-hybridized carbons (Fsp3) is 0.909. The molecule has 3 nitrogen and oxygen atoms in total. The Morgan fingerprint density at radius 3 is 2.53 bits per heavy atom. The first-order valence-electron chi connectivity index (χ1n) is 5.61. The van der Waals surface area contributed by atoms with Crippen LogP contribution in [-0.4, -0.2) is 30.5 Å². The van der Waals surface area contributed by atoms with E-state index in [1.54, 1.807) is 0 Å². The second-order valence-electron chi connectivity index (χ2n) is 4.11. The zero-order valence-electron chi connectivity index (χ0n) is 10.1. The molecule has 0 saturated carbocycles. The van der Waals surface area contributed by atoms with Crippen LogP contribution in [0.5, 0.6) is 0 Å². The molecular weight excluding hydrogens is 208 g/mol. The molecule has 90 valence electrons. The third kappa shape index (κ3) is 7.68. The SMILES string of the molecule is CSCCCCCNC(=O)[C@H](N)C(C)C. The summed E-state index contributed by atoms with van der Waals surface area (Å²) in [6, 6.07) is -0.365. The number of rotatable bonds is 8. The second-order valence-corrected chi connectivity index (χ2v) is 5.10. The lowest BCUT2D eigenvalue weighted by atomic mass is 10.1. The van der Waals surface area contributed by atoms with Gasteiger partial charge in [0.25, 0.3) is 0 Å². The Labute approximate surface area is 97.6 Å². The topological polar surface area (TPSA) is 55.1 Å². The Kier molecular flexibility index (Phi) is 8.91. The van der Waals surface area contributed by atoms with E-state index in [0.717, 1.165) is 13.0 Å². The van der Waals surface area contributed by atoms with E-state index in [9.17, 15) is 4.79 Å². The van der Waals surface area contributed by atoms with E-state index in [4.69, 9.17) is 5.73 Å². The molecule has 0 aromatic heterocycles. The van der Waals surface area contributed by atoms with E-state index in [1.165, 1.54) is 18.6 Å². The quantitative estimate of drug-likeness (QED) is 0.625. The van der Waals surface area contributed by atoms with Crippen LogP contribution in [-0.2, 0) is 4.79 Å². The van der Waals surface area contributed by atoms with Crippen LogP contribution in [0.2, 0.25) is 0 Å². The van der Waals surface area contributed by atoms with Gasteiger partial charge in [0.2, 0.25) is 5.91 Å². The van der Waals surface area contributed by atoms with Crippen molar-refractivity contribution in [1.82, 2.24) is 5.32 Å². The third-order valence-electron chi connectivity index (χ3n) is 2.35. The number of carbonyl (C=O) groups is 1. The highest BCUT2D eigenvalue weighted by Crippen LogP contribution is 2.02. The van der Waals surface area contributed by atoms with Gasteiger partial charge in [-0.1, -0.05) is 20.3 Å². The smallest absolute Gasteiger partial charge is 0.237 e. The number of carbonyl (C=O) groups excluding carboxylic acids is 1. The summed E-state index contributed by atoms with van der Waals surface area (Å²) in [5.74, 6) is 1.40. The van der Waals surface area contributed by atoms with Crippen molar-refractivity contribution < 1.29 is 4.79 Å². The van der Waals surface area contributed by atoms with E-state index in [-0.39, 0.29) is 17.9 Å². The van der Waals surface area contributed by atoms with Crippen LogP contribution in [0.15, 0.2) is 0 Å². The van der Waals surface area contributed by atoms with Gasteiger partial charge in [0.15, 0.2) is 0 Å². The first-order chi connectivity index (χ1) is 7.09. The van der Waals surface area contributed by atoms with E-state index in [0.29, 0.717) is 0 Å². The molecule has 0 aromatic rings. The van der Waals surface area contributed by atoms with E-state index < -0.39 is 0 Å². The fourth-order valence-electron chi connectivity index (χ4n) is 1.18. The van der Waals surface area contributed by atoms with Crippen LogP contribution in [0.25, 0.3) is 0 Å². The van der Waals surface area contributed by atoms with Gasteiger partial charge >= 0.3 is 0 Å². The number of nitrogens with one attached hydrogen (secondary N) is 1. The monoisotopic (exact) mass is 232 g/mol. The molecule has 0 aliphatic rings. The maximum absolute atomic E-state index is 11.4. The van der Waals surface area contributed by atoms with Crippen LogP contribution in [0.3, 0.4) is 0 Å². The Balaban J connectivity index is 3.39. The number of nitrogens with two attached hydrogens (primary N) is 1. The van der Waals surface area contributed by atoms with E-state index >= 15 is 0 Å². The van der Waals surface area contributed by atoms with Crippen LogP contribution in [0, 0.1) is 5.92 Å². The lowest BCUT2D eigenvalue weighted by Crippen LogP contribution is -2.44. The Bertz CT molecular complexity index is 174. The van der Waals surface area contributed by atoms with Crippen molar-refractivity contribution >= 4 is 17.7 Å². The highest BCUT2D eigenvalue weighted by Gasteiger charge is 2.15. The predicted octanol–water partition coefficient (Wildman–Crippen LogP) is 1.62. The first-order valence-corrected chi connectivity index (χ1v) is 7.01. The number of hydrogen-bond acceptors (Lipinski definition) is 3. The van der Waals surface area contributed by atoms with Crippen LogP contribution in [0.1, 0.15) is 33.1 Å². The molecular formula is C11H24N2OS. The zero-order chi connectivity index (χ0) is 11.7. The van der Waals surface area contributed by atoms with Crippen LogP contribution in [0.4, 0.5) is 0 Å². The summed E-state index contributed by atoms with van der Waals surface area (Å²) in [5.41, 5.74) is 5.71. The van der Waals surface area contributed by atoms with Gasteiger partial charge in [-0.05, 0) is 30.8 Å². The zero-order valence-corrected chi connectivity index (χ0v) is 10.9. The van der Waals surface area contributed by atoms with Gasteiger partial charge in [0.05, 0.1) is 6.04 Å². The molecule has 0 radical (unpaired) electrons. The van der Waals surface area contributed by atoms with E-state index in [1.807, 2.05) is 25.6 Å². The van der Waals surface area contributed by atoms with Crippen LogP contribution >= 0.6 is 11.8 Å². The Hall–Kier alpha value is -0.220. The summed E-state index contributed by atoms with van der Waals surface area (Å²) in [7, 11) is 0. The van der Waals surface area contributed by atoms with Crippen molar-refractivity contribution in [3.8, 4) is 0 Å². The van der Waals surface area contributed by atoms with Crippen molar-refractivity contribution in [3.05, 3.63) is 0 Å². The minimum atomic E-state index is -0.365. The van der Waals surface area contributed by atoms with Gasteiger partial charge in [-0.25, -0.2) is 0 Å². The van der Waals surface area contributed by atoms with Gasteiger partial charge in [0.1, 0.15) is 0 Å². The minimum Gasteiger partial charge on any atom is -0.355 e.